The van der Waals surface area contributed by atoms with Crippen LogP contribution in [0.3, 0.4) is 0 Å². The van der Waals surface area contributed by atoms with Gasteiger partial charge >= 0.3 is 12.3 Å². The van der Waals surface area contributed by atoms with Crippen molar-refractivity contribution in [3.63, 3.8) is 0 Å². The Morgan fingerprint density at radius 3 is 2.38 bits per heavy atom. The maximum atomic E-state index is 15.4. The molecule has 0 bridgehead atoms. The van der Waals surface area contributed by atoms with Crippen LogP contribution in [0.25, 0.3) is 0 Å². The van der Waals surface area contributed by atoms with E-state index < -0.39 is 58.9 Å². The van der Waals surface area contributed by atoms with Gasteiger partial charge in [-0.15, -0.1) is 0 Å². The van der Waals surface area contributed by atoms with E-state index in [1.54, 1.807) is 20.8 Å². The molecule has 0 spiro atoms. The minimum atomic E-state index is -4.93. The molecular weight excluding hydrogens is 463 g/mol. The first kappa shape index (κ1) is 23.7. The average Bonchev–Trinajstić information content (AvgIpc) is 2.50. The molecule has 1 heterocycles. The molecule has 4 nitrogen and oxygen atoms in total. The number of halogens is 6. The Kier molecular flexibility index (Phi) is 6.76. The highest BCUT2D eigenvalue weighted by molar-refractivity contribution is 9.10. The van der Waals surface area contributed by atoms with E-state index in [1.165, 1.54) is 6.92 Å². The summed E-state index contributed by atoms with van der Waals surface area (Å²) in [7, 11) is 0. The number of carboxylic acid groups (broad SMARTS) is 1. The van der Waals surface area contributed by atoms with E-state index in [9.17, 15) is 27.5 Å². The molecule has 0 aromatic heterocycles. The van der Waals surface area contributed by atoms with E-state index >= 15 is 4.39 Å². The number of benzene rings is 1. The van der Waals surface area contributed by atoms with Crippen LogP contribution in [-0.2, 0) is 6.18 Å². The standard InChI is InChI=1S/C19H24BrF5N2O2/c1-9(26-13-8-10(20)7-12(21)14(13)19(23,24)25)11-5-6-27(17(28)29)16(15(11)22)18(2,3)4/h7-9,11,15-16,26H,5-6H2,1-4H3,(H,28,29)/t9-,11+,15-,16?/m0/s1. The fraction of sp³-hybridized carbons (Fsp3) is 0.632. The number of alkyl halides is 4. The Labute approximate surface area is 174 Å². The number of anilines is 1. The lowest BCUT2D eigenvalue weighted by molar-refractivity contribution is -0.139. The van der Waals surface area contributed by atoms with Gasteiger partial charge in [-0.25, -0.2) is 13.6 Å². The van der Waals surface area contributed by atoms with Crippen LogP contribution in [0.15, 0.2) is 16.6 Å². The number of amides is 1. The van der Waals surface area contributed by atoms with E-state index in [-0.39, 0.29) is 17.4 Å². The Bertz CT molecular complexity index is 766. The van der Waals surface area contributed by atoms with Crippen LogP contribution in [0, 0.1) is 17.2 Å². The van der Waals surface area contributed by atoms with Crippen LogP contribution in [0.2, 0.25) is 0 Å². The van der Waals surface area contributed by atoms with Crippen molar-refractivity contribution in [1.29, 1.82) is 0 Å². The number of likely N-dealkylation sites (tertiary alicyclic amines) is 1. The summed E-state index contributed by atoms with van der Waals surface area (Å²) in [4.78, 5) is 12.6. The molecule has 1 fully saturated rings. The molecule has 1 aromatic carbocycles. The van der Waals surface area contributed by atoms with Crippen LogP contribution in [0.4, 0.5) is 32.4 Å². The molecule has 0 aliphatic carbocycles. The average molecular weight is 487 g/mol. The third-order valence-electron chi connectivity index (χ3n) is 5.25. The van der Waals surface area contributed by atoms with Gasteiger partial charge in [0.15, 0.2) is 0 Å². The molecule has 29 heavy (non-hydrogen) atoms. The van der Waals surface area contributed by atoms with Crippen LogP contribution in [0.1, 0.15) is 39.7 Å². The third-order valence-corrected chi connectivity index (χ3v) is 5.70. The van der Waals surface area contributed by atoms with Gasteiger partial charge < -0.3 is 15.3 Å². The second kappa shape index (κ2) is 8.28. The highest BCUT2D eigenvalue weighted by Crippen LogP contribution is 2.41. The van der Waals surface area contributed by atoms with Crippen molar-refractivity contribution in [3.8, 4) is 0 Å². The molecule has 1 amide bonds. The molecule has 1 unspecified atom stereocenters. The van der Waals surface area contributed by atoms with Crippen LogP contribution >= 0.6 is 15.9 Å². The van der Waals surface area contributed by atoms with E-state index in [0.717, 1.165) is 17.0 Å². The molecule has 2 rings (SSSR count). The zero-order chi connectivity index (χ0) is 22.3. The van der Waals surface area contributed by atoms with Crippen molar-refractivity contribution in [1.82, 2.24) is 4.90 Å². The van der Waals surface area contributed by atoms with Crippen molar-refractivity contribution < 1.29 is 31.9 Å². The first-order chi connectivity index (χ1) is 13.1. The van der Waals surface area contributed by atoms with Gasteiger partial charge in [-0.05, 0) is 30.9 Å². The summed E-state index contributed by atoms with van der Waals surface area (Å²) in [5.74, 6) is -2.19. The molecule has 1 aliphatic rings. The lowest BCUT2D eigenvalue weighted by Crippen LogP contribution is -2.60. The van der Waals surface area contributed by atoms with Gasteiger partial charge in [0.05, 0.1) is 11.7 Å². The Balaban J connectivity index is 2.35. The smallest absolute Gasteiger partial charge is 0.421 e. The highest BCUT2D eigenvalue weighted by atomic mass is 79.9. The number of hydrogen-bond acceptors (Lipinski definition) is 2. The summed E-state index contributed by atoms with van der Waals surface area (Å²) in [6.07, 6.45) is -7.64. The number of nitrogens with zero attached hydrogens (tertiary/aromatic N) is 1. The third kappa shape index (κ3) is 5.13. The van der Waals surface area contributed by atoms with E-state index in [0.29, 0.717) is 0 Å². The van der Waals surface area contributed by atoms with E-state index in [1.807, 2.05) is 0 Å². The van der Waals surface area contributed by atoms with Gasteiger partial charge in [0, 0.05) is 23.0 Å². The number of piperidine rings is 1. The van der Waals surface area contributed by atoms with Crippen molar-refractivity contribution in [2.24, 2.45) is 11.3 Å². The summed E-state index contributed by atoms with van der Waals surface area (Å²) in [5.41, 5.74) is -2.65. The lowest BCUT2D eigenvalue weighted by Gasteiger charge is -2.48. The van der Waals surface area contributed by atoms with E-state index in [2.05, 4.69) is 21.2 Å². The molecule has 1 aliphatic heterocycles. The van der Waals surface area contributed by atoms with Crippen LogP contribution in [0.5, 0.6) is 0 Å². The molecule has 1 aromatic rings. The van der Waals surface area contributed by atoms with Crippen LogP contribution < -0.4 is 5.32 Å². The summed E-state index contributed by atoms with van der Waals surface area (Å²) >= 11 is 2.98. The summed E-state index contributed by atoms with van der Waals surface area (Å²) in [5, 5.41) is 12.0. The second-order valence-corrected chi connectivity index (χ2v) is 9.34. The Morgan fingerprint density at radius 1 is 1.31 bits per heavy atom. The lowest BCUT2D eigenvalue weighted by atomic mass is 9.74. The quantitative estimate of drug-likeness (QED) is 0.503. The minimum absolute atomic E-state index is 0.0628. The van der Waals surface area contributed by atoms with Gasteiger partial charge in [0.2, 0.25) is 0 Å². The largest absolute Gasteiger partial charge is 0.465 e. The zero-order valence-electron chi connectivity index (χ0n) is 16.4. The van der Waals surface area contributed by atoms with Crippen molar-refractivity contribution in [3.05, 3.63) is 28.0 Å². The van der Waals surface area contributed by atoms with Crippen LogP contribution in [-0.4, -0.2) is 40.9 Å². The molecule has 164 valence electrons. The summed E-state index contributed by atoms with van der Waals surface area (Å²) in [6.45, 7) is 6.73. The molecule has 1 saturated heterocycles. The van der Waals surface area contributed by atoms with Crippen molar-refractivity contribution in [2.75, 3.05) is 11.9 Å². The predicted octanol–water partition coefficient (Wildman–Crippen LogP) is 6.16. The molecule has 0 saturated carbocycles. The Morgan fingerprint density at radius 2 is 1.90 bits per heavy atom. The fourth-order valence-corrected chi connectivity index (χ4v) is 4.44. The van der Waals surface area contributed by atoms with Crippen molar-refractivity contribution in [2.45, 2.75) is 58.5 Å². The van der Waals surface area contributed by atoms with Gasteiger partial charge in [-0.2, -0.15) is 13.2 Å². The molecule has 2 N–H and O–H groups in total. The maximum absolute atomic E-state index is 15.4. The van der Waals surface area contributed by atoms with E-state index in [4.69, 9.17) is 0 Å². The van der Waals surface area contributed by atoms with Gasteiger partial charge in [0.25, 0.3) is 0 Å². The van der Waals surface area contributed by atoms with Crippen molar-refractivity contribution >= 4 is 27.7 Å². The molecule has 10 heteroatoms. The SMILES string of the molecule is C[C@H](Nc1cc(Br)cc(F)c1C(F)(F)F)[C@H]1CCN(C(=O)O)C(C(C)(C)C)[C@H]1F. The highest BCUT2D eigenvalue weighted by Gasteiger charge is 2.48. The number of carbonyl (C=O) groups is 1. The minimum Gasteiger partial charge on any atom is -0.465 e. The summed E-state index contributed by atoms with van der Waals surface area (Å²) < 4.78 is 69.5. The normalized spacial score (nSPS) is 24.3. The molecule has 0 radical (unpaired) electrons. The van der Waals surface area contributed by atoms with Gasteiger partial charge in [-0.1, -0.05) is 36.7 Å². The maximum Gasteiger partial charge on any atom is 0.421 e. The second-order valence-electron chi connectivity index (χ2n) is 8.42. The Hall–Kier alpha value is -1.58. The van der Waals surface area contributed by atoms with Gasteiger partial charge in [0.1, 0.15) is 17.6 Å². The monoisotopic (exact) mass is 486 g/mol. The zero-order valence-corrected chi connectivity index (χ0v) is 18.0. The fourth-order valence-electron chi connectivity index (χ4n) is 4.01. The summed E-state index contributed by atoms with van der Waals surface area (Å²) in [6, 6.07) is 0.0749. The topological polar surface area (TPSA) is 52.6 Å². The number of hydrogen-bond donors (Lipinski definition) is 2. The first-order valence-electron chi connectivity index (χ1n) is 9.11. The molecule has 4 atom stereocenters. The molecular formula is C19H24BrF5N2O2. The van der Waals surface area contributed by atoms with Gasteiger partial charge in [-0.3, -0.25) is 0 Å². The predicted molar refractivity (Wildman–Crippen MR) is 103 cm³/mol. The first-order valence-corrected chi connectivity index (χ1v) is 9.90. The number of rotatable bonds is 3. The number of nitrogens with one attached hydrogen (secondary N) is 1.